The molecule has 0 aliphatic carbocycles. The Balaban J connectivity index is 2.57. The summed E-state index contributed by atoms with van der Waals surface area (Å²) in [7, 11) is 1.86. The van der Waals surface area contributed by atoms with Crippen molar-refractivity contribution in [2.45, 2.75) is 25.8 Å². The van der Waals surface area contributed by atoms with E-state index in [1.807, 2.05) is 18.8 Å². The Labute approximate surface area is 106 Å². The summed E-state index contributed by atoms with van der Waals surface area (Å²) in [6.45, 7) is 2.13. The zero-order valence-corrected chi connectivity index (χ0v) is 11.1. The molecule has 1 aromatic rings. The van der Waals surface area contributed by atoms with Crippen molar-refractivity contribution in [3.8, 4) is 0 Å². The summed E-state index contributed by atoms with van der Waals surface area (Å²) >= 11 is 1.84. The predicted octanol–water partition coefficient (Wildman–Crippen LogP) is 3.24. The molecule has 1 unspecified atom stereocenters. The Kier molecular flexibility index (Phi) is 6.52. The molecule has 1 aromatic carbocycles. The van der Waals surface area contributed by atoms with Crippen molar-refractivity contribution >= 4 is 11.8 Å². The van der Waals surface area contributed by atoms with Crippen LogP contribution in [0, 0.1) is 11.6 Å². The summed E-state index contributed by atoms with van der Waals surface area (Å²) < 4.78 is 26.5. The Morgan fingerprint density at radius 1 is 1.35 bits per heavy atom. The van der Waals surface area contributed by atoms with Crippen LogP contribution in [0.1, 0.15) is 18.9 Å². The molecule has 1 nitrogen and oxygen atoms in total. The Bertz CT molecular complexity index is 344. The van der Waals surface area contributed by atoms with E-state index in [1.54, 1.807) is 12.1 Å². The van der Waals surface area contributed by atoms with Crippen LogP contribution in [0.4, 0.5) is 8.78 Å². The predicted molar refractivity (Wildman–Crippen MR) is 70.5 cm³/mol. The van der Waals surface area contributed by atoms with Crippen LogP contribution in [0.15, 0.2) is 18.2 Å². The second-order valence-electron chi connectivity index (χ2n) is 3.98. The van der Waals surface area contributed by atoms with E-state index in [1.165, 1.54) is 0 Å². The lowest BCUT2D eigenvalue weighted by molar-refractivity contribution is 0.490. The molecule has 0 aliphatic heterocycles. The van der Waals surface area contributed by atoms with E-state index in [-0.39, 0.29) is 6.04 Å². The zero-order chi connectivity index (χ0) is 12.7. The van der Waals surface area contributed by atoms with E-state index >= 15 is 0 Å². The maximum absolute atomic E-state index is 13.5. The first-order valence-corrected chi connectivity index (χ1v) is 7.02. The van der Waals surface area contributed by atoms with E-state index in [9.17, 15) is 8.78 Å². The van der Waals surface area contributed by atoms with Crippen LogP contribution in [0.5, 0.6) is 0 Å². The number of likely N-dealkylation sites (N-methyl/N-ethyl adjacent to an activating group) is 1. The summed E-state index contributed by atoms with van der Waals surface area (Å²) in [4.78, 5) is 0. The average Bonchev–Trinajstić information content (AvgIpc) is 2.33. The highest BCUT2D eigenvalue weighted by Gasteiger charge is 2.13. The van der Waals surface area contributed by atoms with E-state index in [0.717, 1.165) is 24.0 Å². The molecule has 0 aliphatic rings. The van der Waals surface area contributed by atoms with Crippen molar-refractivity contribution in [1.29, 1.82) is 0 Å². The van der Waals surface area contributed by atoms with Gasteiger partial charge in [-0.05, 0) is 37.3 Å². The van der Waals surface area contributed by atoms with Crippen molar-refractivity contribution < 1.29 is 8.78 Å². The van der Waals surface area contributed by atoms with E-state index in [4.69, 9.17) is 0 Å². The molecule has 96 valence electrons. The smallest absolute Gasteiger partial charge is 0.162 e. The molecular weight excluding hydrogens is 240 g/mol. The normalized spacial score (nSPS) is 12.7. The third-order valence-corrected chi connectivity index (χ3v) is 3.91. The van der Waals surface area contributed by atoms with Crippen molar-refractivity contribution in [3.63, 3.8) is 0 Å². The van der Waals surface area contributed by atoms with Gasteiger partial charge in [-0.25, -0.2) is 8.78 Å². The molecule has 0 amide bonds. The quantitative estimate of drug-likeness (QED) is 0.754. The third-order valence-electron chi connectivity index (χ3n) is 2.57. The van der Waals surface area contributed by atoms with Gasteiger partial charge in [0.15, 0.2) is 11.6 Å². The summed E-state index contributed by atoms with van der Waals surface area (Å²) in [6.07, 6.45) is 1.66. The van der Waals surface area contributed by atoms with Gasteiger partial charge in [-0.2, -0.15) is 11.8 Å². The number of hydrogen-bond donors (Lipinski definition) is 1. The van der Waals surface area contributed by atoms with E-state index in [0.29, 0.717) is 12.0 Å². The first-order valence-electron chi connectivity index (χ1n) is 5.87. The maximum Gasteiger partial charge on any atom is 0.162 e. The topological polar surface area (TPSA) is 12.0 Å². The largest absolute Gasteiger partial charge is 0.316 e. The molecule has 1 N–H and O–H groups in total. The van der Waals surface area contributed by atoms with Gasteiger partial charge in [0.25, 0.3) is 0 Å². The van der Waals surface area contributed by atoms with Crippen LogP contribution >= 0.6 is 11.8 Å². The van der Waals surface area contributed by atoms with Crippen molar-refractivity contribution in [3.05, 3.63) is 35.4 Å². The molecule has 0 aromatic heterocycles. The number of nitrogens with one attached hydrogen (secondary N) is 1. The molecule has 1 atom stereocenters. The summed E-state index contributed by atoms with van der Waals surface area (Å²) in [6, 6.07) is 4.54. The van der Waals surface area contributed by atoms with E-state index in [2.05, 4.69) is 12.2 Å². The molecule has 17 heavy (non-hydrogen) atoms. The Hall–Kier alpha value is -0.610. The fourth-order valence-electron chi connectivity index (χ4n) is 1.59. The van der Waals surface area contributed by atoms with Gasteiger partial charge in [-0.1, -0.05) is 19.1 Å². The van der Waals surface area contributed by atoms with Gasteiger partial charge in [0.05, 0.1) is 0 Å². The minimum absolute atomic E-state index is 0.183. The lowest BCUT2D eigenvalue weighted by Gasteiger charge is -2.16. The highest BCUT2D eigenvalue weighted by molar-refractivity contribution is 7.99. The van der Waals surface area contributed by atoms with Crippen molar-refractivity contribution in [1.82, 2.24) is 5.32 Å². The minimum atomic E-state index is -0.765. The molecule has 4 heteroatoms. The van der Waals surface area contributed by atoms with Crippen LogP contribution in [-0.4, -0.2) is 24.6 Å². The molecule has 0 saturated heterocycles. The molecule has 0 spiro atoms. The number of benzene rings is 1. The fraction of sp³-hybridized carbons (Fsp3) is 0.538. The van der Waals surface area contributed by atoms with Crippen molar-refractivity contribution in [2.75, 3.05) is 18.6 Å². The highest BCUT2D eigenvalue weighted by Crippen LogP contribution is 2.15. The Morgan fingerprint density at radius 2 is 2.12 bits per heavy atom. The minimum Gasteiger partial charge on any atom is -0.316 e. The standard InChI is InChI=1S/C13H19F2NS/c1-3-7-17-9-11(16-2)8-10-5-4-6-12(14)13(10)15/h4-6,11,16H,3,7-9H2,1-2H3. The van der Waals surface area contributed by atoms with Crippen LogP contribution in [0.25, 0.3) is 0 Å². The van der Waals surface area contributed by atoms with Gasteiger partial charge in [0, 0.05) is 11.8 Å². The first kappa shape index (κ1) is 14.5. The van der Waals surface area contributed by atoms with Crippen LogP contribution in [0.3, 0.4) is 0 Å². The maximum atomic E-state index is 13.5. The van der Waals surface area contributed by atoms with Crippen LogP contribution < -0.4 is 5.32 Å². The number of thioether (sulfide) groups is 1. The summed E-state index contributed by atoms with van der Waals surface area (Å²) in [5, 5.41) is 3.15. The second-order valence-corrected chi connectivity index (χ2v) is 5.13. The zero-order valence-electron chi connectivity index (χ0n) is 10.3. The Morgan fingerprint density at radius 3 is 2.76 bits per heavy atom. The summed E-state index contributed by atoms with van der Waals surface area (Å²) in [5.74, 6) is 0.538. The lowest BCUT2D eigenvalue weighted by atomic mass is 10.1. The van der Waals surface area contributed by atoms with Gasteiger partial charge in [0.2, 0.25) is 0 Å². The van der Waals surface area contributed by atoms with Gasteiger partial charge < -0.3 is 5.32 Å². The van der Waals surface area contributed by atoms with Gasteiger partial charge >= 0.3 is 0 Å². The second kappa shape index (κ2) is 7.67. The first-order chi connectivity index (χ1) is 8.19. The van der Waals surface area contributed by atoms with Crippen LogP contribution in [0.2, 0.25) is 0 Å². The molecule has 0 radical (unpaired) electrons. The van der Waals surface area contributed by atoms with Crippen molar-refractivity contribution in [2.24, 2.45) is 0 Å². The third kappa shape index (κ3) is 4.64. The SMILES string of the molecule is CCCSCC(Cc1cccc(F)c1F)NC. The summed E-state index contributed by atoms with van der Waals surface area (Å²) in [5.41, 5.74) is 0.446. The molecule has 0 fully saturated rings. The monoisotopic (exact) mass is 259 g/mol. The van der Waals surface area contributed by atoms with Gasteiger partial charge in [-0.3, -0.25) is 0 Å². The number of hydrogen-bond acceptors (Lipinski definition) is 2. The highest BCUT2D eigenvalue weighted by atomic mass is 32.2. The molecule has 0 heterocycles. The molecular formula is C13H19F2NS. The molecule has 0 saturated carbocycles. The van der Waals surface area contributed by atoms with Crippen LogP contribution in [-0.2, 0) is 6.42 Å². The average molecular weight is 259 g/mol. The number of halogens is 2. The van der Waals surface area contributed by atoms with Gasteiger partial charge in [0.1, 0.15) is 0 Å². The molecule has 1 rings (SSSR count). The fourth-order valence-corrected chi connectivity index (χ4v) is 2.61. The lowest BCUT2D eigenvalue weighted by Crippen LogP contribution is -2.30. The molecule has 0 bridgehead atoms. The number of rotatable bonds is 7. The van der Waals surface area contributed by atoms with E-state index < -0.39 is 11.6 Å². The van der Waals surface area contributed by atoms with Gasteiger partial charge in [-0.15, -0.1) is 0 Å².